The number of sulfonamides is 1. The van der Waals surface area contributed by atoms with Crippen LogP contribution in [0, 0.1) is 5.92 Å². The first-order valence-electron chi connectivity index (χ1n) is 7.14. The second kappa shape index (κ2) is 7.02. The fourth-order valence-electron chi connectivity index (χ4n) is 2.39. The lowest BCUT2D eigenvalue weighted by atomic mass is 10.0. The van der Waals surface area contributed by atoms with Gasteiger partial charge in [0.25, 0.3) is 0 Å². The van der Waals surface area contributed by atoms with Crippen LogP contribution in [0.25, 0.3) is 0 Å². The summed E-state index contributed by atoms with van der Waals surface area (Å²) in [7, 11) is -3.33. The third-order valence-electron chi connectivity index (χ3n) is 3.54. The van der Waals surface area contributed by atoms with Gasteiger partial charge in [-0.3, -0.25) is 0 Å². The number of rotatable bonds is 6. The van der Waals surface area contributed by atoms with Crippen LogP contribution in [0.1, 0.15) is 33.1 Å². The Labute approximate surface area is 125 Å². The van der Waals surface area contributed by atoms with Crippen LogP contribution in [-0.4, -0.2) is 38.5 Å². The smallest absolute Gasteiger partial charge is 0.244 e. The first-order valence-corrected chi connectivity index (χ1v) is 9.52. The summed E-state index contributed by atoms with van der Waals surface area (Å²) < 4.78 is 32.2. The molecule has 114 valence electrons. The first kappa shape index (κ1) is 15.9. The molecule has 1 aromatic heterocycles. The van der Waals surface area contributed by atoms with Crippen LogP contribution in [0.15, 0.2) is 21.7 Å². The van der Waals surface area contributed by atoms with E-state index in [1.807, 2.05) is 0 Å². The van der Waals surface area contributed by atoms with Crippen molar-refractivity contribution < 1.29 is 13.2 Å². The maximum atomic E-state index is 12.5. The maximum Gasteiger partial charge on any atom is 0.244 e. The van der Waals surface area contributed by atoms with Gasteiger partial charge in [-0.05, 0) is 23.8 Å². The van der Waals surface area contributed by atoms with Crippen LogP contribution in [0.2, 0.25) is 0 Å². The van der Waals surface area contributed by atoms with E-state index in [1.165, 1.54) is 11.3 Å². The maximum absolute atomic E-state index is 12.5. The molecular formula is C14H23NO3S2. The van der Waals surface area contributed by atoms with Crippen molar-refractivity contribution in [2.75, 3.05) is 19.7 Å². The molecule has 1 fully saturated rings. The van der Waals surface area contributed by atoms with Crippen LogP contribution in [0.5, 0.6) is 0 Å². The Bertz CT molecular complexity index is 496. The number of hydrogen-bond donors (Lipinski definition) is 0. The van der Waals surface area contributed by atoms with E-state index in [-0.39, 0.29) is 6.10 Å². The largest absolute Gasteiger partial charge is 0.375 e. The van der Waals surface area contributed by atoms with E-state index in [0.29, 0.717) is 30.5 Å². The van der Waals surface area contributed by atoms with E-state index >= 15 is 0 Å². The molecule has 0 spiro atoms. The van der Waals surface area contributed by atoms with Gasteiger partial charge in [-0.2, -0.15) is 15.6 Å². The summed E-state index contributed by atoms with van der Waals surface area (Å²) in [6.07, 6.45) is 3.23. The van der Waals surface area contributed by atoms with Gasteiger partial charge in [0, 0.05) is 18.5 Å². The Hall–Kier alpha value is -0.430. The summed E-state index contributed by atoms with van der Waals surface area (Å²) in [5.41, 5.74) is 0. The SMILES string of the molecule is CC(C)CCC[C@@H]1CN(S(=O)(=O)c2ccsc2)CCO1. The molecule has 0 bridgehead atoms. The van der Waals surface area contributed by atoms with Gasteiger partial charge in [0.1, 0.15) is 0 Å². The van der Waals surface area contributed by atoms with Crippen molar-refractivity contribution in [3.8, 4) is 0 Å². The Kier molecular flexibility index (Phi) is 5.60. The molecule has 0 aliphatic carbocycles. The van der Waals surface area contributed by atoms with E-state index < -0.39 is 10.0 Å². The molecule has 0 unspecified atom stereocenters. The van der Waals surface area contributed by atoms with Gasteiger partial charge in [0.2, 0.25) is 10.0 Å². The van der Waals surface area contributed by atoms with Crippen molar-refractivity contribution >= 4 is 21.4 Å². The predicted molar refractivity (Wildman–Crippen MR) is 81.5 cm³/mol. The van der Waals surface area contributed by atoms with E-state index in [2.05, 4.69) is 13.8 Å². The highest BCUT2D eigenvalue weighted by atomic mass is 32.2. The molecular weight excluding hydrogens is 294 g/mol. The van der Waals surface area contributed by atoms with Gasteiger partial charge in [-0.1, -0.05) is 26.7 Å². The Morgan fingerprint density at radius 3 is 2.95 bits per heavy atom. The Balaban J connectivity index is 1.93. The van der Waals surface area contributed by atoms with Crippen molar-refractivity contribution in [2.45, 2.75) is 44.1 Å². The van der Waals surface area contributed by atoms with Crippen molar-refractivity contribution in [3.63, 3.8) is 0 Å². The minimum atomic E-state index is -3.33. The molecule has 6 heteroatoms. The molecule has 4 nitrogen and oxygen atoms in total. The van der Waals surface area contributed by atoms with Crippen LogP contribution in [0.4, 0.5) is 0 Å². The van der Waals surface area contributed by atoms with Gasteiger partial charge >= 0.3 is 0 Å². The van der Waals surface area contributed by atoms with Gasteiger partial charge < -0.3 is 4.74 Å². The lowest BCUT2D eigenvalue weighted by molar-refractivity contribution is -0.00707. The number of hydrogen-bond acceptors (Lipinski definition) is 4. The number of nitrogens with zero attached hydrogens (tertiary/aromatic N) is 1. The zero-order valence-corrected chi connectivity index (χ0v) is 13.8. The molecule has 1 atom stereocenters. The summed E-state index contributed by atoms with van der Waals surface area (Å²) in [5, 5.41) is 3.49. The van der Waals surface area contributed by atoms with Crippen molar-refractivity contribution in [3.05, 3.63) is 16.8 Å². The lowest BCUT2D eigenvalue weighted by Gasteiger charge is -2.32. The summed E-state index contributed by atoms with van der Waals surface area (Å²) in [4.78, 5) is 0.408. The number of ether oxygens (including phenoxy) is 1. The second-order valence-corrected chi connectivity index (χ2v) is 8.36. The average Bonchev–Trinajstić information content (AvgIpc) is 2.93. The van der Waals surface area contributed by atoms with Crippen molar-refractivity contribution in [1.29, 1.82) is 0 Å². The van der Waals surface area contributed by atoms with Gasteiger partial charge in [-0.25, -0.2) is 8.42 Å². The predicted octanol–water partition coefficient (Wildman–Crippen LogP) is 2.96. The average molecular weight is 317 g/mol. The monoisotopic (exact) mass is 317 g/mol. The first-order chi connectivity index (χ1) is 9.50. The van der Waals surface area contributed by atoms with E-state index in [0.717, 1.165) is 19.3 Å². The normalized spacial score (nSPS) is 21.4. The molecule has 1 aromatic rings. The fraction of sp³-hybridized carbons (Fsp3) is 0.714. The molecule has 2 heterocycles. The summed E-state index contributed by atoms with van der Waals surface area (Å²) in [6, 6.07) is 1.67. The molecule has 0 N–H and O–H groups in total. The molecule has 1 saturated heterocycles. The Morgan fingerprint density at radius 2 is 2.30 bits per heavy atom. The molecule has 1 aliphatic rings. The molecule has 0 radical (unpaired) electrons. The highest BCUT2D eigenvalue weighted by Gasteiger charge is 2.30. The topological polar surface area (TPSA) is 46.6 Å². The molecule has 0 amide bonds. The summed E-state index contributed by atoms with van der Waals surface area (Å²) >= 11 is 1.41. The van der Waals surface area contributed by atoms with E-state index in [9.17, 15) is 8.42 Å². The zero-order valence-electron chi connectivity index (χ0n) is 12.1. The quantitative estimate of drug-likeness (QED) is 0.810. The molecule has 0 saturated carbocycles. The summed E-state index contributed by atoms with van der Waals surface area (Å²) in [5.74, 6) is 0.684. The van der Waals surface area contributed by atoms with Crippen LogP contribution in [0.3, 0.4) is 0 Å². The highest BCUT2D eigenvalue weighted by molar-refractivity contribution is 7.89. The minimum absolute atomic E-state index is 0.0379. The fourth-order valence-corrected chi connectivity index (χ4v) is 4.86. The lowest BCUT2D eigenvalue weighted by Crippen LogP contribution is -2.45. The summed E-state index contributed by atoms with van der Waals surface area (Å²) in [6.45, 7) is 5.84. The van der Waals surface area contributed by atoms with E-state index in [4.69, 9.17) is 4.74 Å². The molecule has 20 heavy (non-hydrogen) atoms. The van der Waals surface area contributed by atoms with Gasteiger partial charge in [0.15, 0.2) is 0 Å². The van der Waals surface area contributed by atoms with Crippen LogP contribution >= 0.6 is 11.3 Å². The molecule has 1 aliphatic heterocycles. The minimum Gasteiger partial charge on any atom is -0.375 e. The Morgan fingerprint density at radius 1 is 1.50 bits per heavy atom. The van der Waals surface area contributed by atoms with Gasteiger partial charge in [-0.15, -0.1) is 0 Å². The molecule has 0 aromatic carbocycles. The van der Waals surface area contributed by atoms with Crippen molar-refractivity contribution in [1.82, 2.24) is 4.31 Å². The molecule has 2 rings (SSSR count). The number of thiophene rings is 1. The van der Waals surface area contributed by atoms with Crippen molar-refractivity contribution in [2.24, 2.45) is 5.92 Å². The van der Waals surface area contributed by atoms with Gasteiger partial charge in [0.05, 0.1) is 17.6 Å². The van der Waals surface area contributed by atoms with Crippen LogP contribution < -0.4 is 0 Å². The van der Waals surface area contributed by atoms with Crippen LogP contribution in [-0.2, 0) is 14.8 Å². The number of morpholine rings is 1. The third-order valence-corrected chi connectivity index (χ3v) is 6.24. The highest BCUT2D eigenvalue weighted by Crippen LogP contribution is 2.22. The van der Waals surface area contributed by atoms with E-state index in [1.54, 1.807) is 21.1 Å². The zero-order chi connectivity index (χ0) is 14.6. The standard InChI is InChI=1S/C14H23NO3S2/c1-12(2)4-3-5-13-10-15(7-8-18-13)20(16,17)14-6-9-19-11-14/h6,9,11-13H,3-5,7-8,10H2,1-2H3/t13-/m1/s1. The second-order valence-electron chi connectivity index (χ2n) is 5.64. The third kappa shape index (κ3) is 4.04.